The summed E-state index contributed by atoms with van der Waals surface area (Å²) in [6.07, 6.45) is 0.347. The van der Waals surface area contributed by atoms with Crippen molar-refractivity contribution in [2.24, 2.45) is 0 Å². The number of benzene rings is 1. The fourth-order valence-electron chi connectivity index (χ4n) is 2.48. The van der Waals surface area contributed by atoms with E-state index in [-0.39, 0.29) is 18.4 Å². The number of aliphatic hydroxyl groups is 1. The van der Waals surface area contributed by atoms with Gasteiger partial charge in [0.05, 0.1) is 13.7 Å². The van der Waals surface area contributed by atoms with Gasteiger partial charge >= 0.3 is 0 Å². The van der Waals surface area contributed by atoms with Crippen LogP contribution in [0.2, 0.25) is 0 Å². The molecule has 0 aliphatic rings. The minimum Gasteiger partial charge on any atom is -0.496 e. The summed E-state index contributed by atoms with van der Waals surface area (Å²) in [4.78, 5) is 12.2. The third kappa shape index (κ3) is 4.56. The fraction of sp³-hybridized carbons (Fsp3) is 0.389. The lowest BCUT2D eigenvalue weighted by atomic mass is 9.95. The SMILES string of the molecule is COc1ccccc1C(C)CC(=O)NCC(C)(O)c1ccsc1. The van der Waals surface area contributed by atoms with Gasteiger partial charge in [-0.3, -0.25) is 4.79 Å². The number of carbonyl (C=O) groups is 1. The molecule has 0 radical (unpaired) electrons. The molecule has 2 atom stereocenters. The summed E-state index contributed by atoms with van der Waals surface area (Å²) < 4.78 is 5.34. The van der Waals surface area contributed by atoms with Gasteiger partial charge in [0, 0.05) is 6.42 Å². The van der Waals surface area contributed by atoms with E-state index in [0.717, 1.165) is 16.9 Å². The quantitative estimate of drug-likeness (QED) is 0.817. The van der Waals surface area contributed by atoms with Crippen LogP contribution in [-0.2, 0) is 10.4 Å². The van der Waals surface area contributed by atoms with Crippen LogP contribution in [0.3, 0.4) is 0 Å². The summed E-state index contributed by atoms with van der Waals surface area (Å²) in [5.41, 5.74) is 0.777. The van der Waals surface area contributed by atoms with Crippen molar-refractivity contribution in [3.63, 3.8) is 0 Å². The van der Waals surface area contributed by atoms with Gasteiger partial charge in [-0.05, 0) is 46.9 Å². The van der Waals surface area contributed by atoms with E-state index in [4.69, 9.17) is 4.74 Å². The van der Waals surface area contributed by atoms with Crippen molar-refractivity contribution in [3.8, 4) is 5.75 Å². The lowest BCUT2D eigenvalue weighted by Crippen LogP contribution is -2.38. The van der Waals surface area contributed by atoms with Crippen molar-refractivity contribution >= 4 is 17.2 Å². The van der Waals surface area contributed by atoms with Crippen LogP contribution in [0.4, 0.5) is 0 Å². The van der Waals surface area contributed by atoms with Gasteiger partial charge in [-0.1, -0.05) is 25.1 Å². The van der Waals surface area contributed by atoms with Crippen LogP contribution in [0.5, 0.6) is 5.75 Å². The molecule has 1 heterocycles. The van der Waals surface area contributed by atoms with Gasteiger partial charge in [0.2, 0.25) is 5.91 Å². The molecule has 1 amide bonds. The number of rotatable bonds is 7. The maximum Gasteiger partial charge on any atom is 0.220 e. The first-order valence-electron chi connectivity index (χ1n) is 7.58. The molecule has 2 rings (SSSR count). The van der Waals surface area contributed by atoms with Crippen LogP contribution in [0.15, 0.2) is 41.1 Å². The average Bonchev–Trinajstić information content (AvgIpc) is 3.08. The Bertz CT molecular complexity index is 637. The highest BCUT2D eigenvalue weighted by Crippen LogP contribution is 2.28. The highest BCUT2D eigenvalue weighted by Gasteiger charge is 2.24. The van der Waals surface area contributed by atoms with Gasteiger partial charge in [-0.25, -0.2) is 0 Å². The number of methoxy groups -OCH3 is 1. The molecule has 2 N–H and O–H groups in total. The number of amides is 1. The van der Waals surface area contributed by atoms with E-state index in [1.165, 1.54) is 11.3 Å². The molecule has 0 spiro atoms. The summed E-state index contributed by atoms with van der Waals surface area (Å²) >= 11 is 1.53. The second kappa shape index (κ2) is 7.62. The van der Waals surface area contributed by atoms with Crippen LogP contribution in [0, 0.1) is 0 Å². The molecule has 0 bridgehead atoms. The lowest BCUT2D eigenvalue weighted by Gasteiger charge is -2.23. The summed E-state index contributed by atoms with van der Waals surface area (Å²) in [5.74, 6) is 0.745. The van der Waals surface area contributed by atoms with E-state index in [0.29, 0.717) is 6.42 Å². The average molecular weight is 333 g/mol. The van der Waals surface area contributed by atoms with Crippen molar-refractivity contribution in [3.05, 3.63) is 52.2 Å². The van der Waals surface area contributed by atoms with Gasteiger partial charge in [0.1, 0.15) is 11.4 Å². The maximum absolute atomic E-state index is 12.2. The van der Waals surface area contributed by atoms with Crippen LogP contribution >= 0.6 is 11.3 Å². The number of thiophene rings is 1. The maximum atomic E-state index is 12.2. The zero-order valence-electron chi connectivity index (χ0n) is 13.7. The first-order chi connectivity index (χ1) is 10.9. The number of hydrogen-bond acceptors (Lipinski definition) is 4. The van der Waals surface area contributed by atoms with E-state index in [9.17, 15) is 9.90 Å². The molecule has 0 saturated carbocycles. The van der Waals surface area contributed by atoms with Crippen LogP contribution in [0.25, 0.3) is 0 Å². The largest absolute Gasteiger partial charge is 0.496 e. The fourth-order valence-corrected chi connectivity index (χ4v) is 3.26. The number of hydrogen-bond donors (Lipinski definition) is 2. The van der Waals surface area contributed by atoms with Crippen molar-refractivity contribution in [1.29, 1.82) is 0 Å². The Hall–Kier alpha value is -1.85. The summed E-state index contributed by atoms with van der Waals surface area (Å²) in [5, 5.41) is 17.1. The van der Waals surface area contributed by atoms with Crippen LogP contribution < -0.4 is 10.1 Å². The van der Waals surface area contributed by atoms with Gasteiger partial charge in [0.25, 0.3) is 0 Å². The summed E-state index contributed by atoms with van der Waals surface area (Å²) in [7, 11) is 1.63. The van der Waals surface area contributed by atoms with Crippen molar-refractivity contribution in [2.45, 2.75) is 31.8 Å². The van der Waals surface area contributed by atoms with Gasteiger partial charge in [-0.2, -0.15) is 11.3 Å². The first-order valence-corrected chi connectivity index (χ1v) is 8.53. The predicted octanol–water partition coefficient (Wildman–Crippen LogP) is 3.27. The molecule has 1 aromatic carbocycles. The molecule has 5 heteroatoms. The third-order valence-electron chi connectivity index (χ3n) is 3.93. The Kier molecular flexibility index (Phi) is 5.80. The number of ether oxygens (including phenoxy) is 1. The topological polar surface area (TPSA) is 58.6 Å². The predicted molar refractivity (Wildman–Crippen MR) is 92.9 cm³/mol. The molecular weight excluding hydrogens is 310 g/mol. The lowest BCUT2D eigenvalue weighted by molar-refractivity contribution is -0.122. The second-order valence-corrected chi connectivity index (χ2v) is 6.69. The van der Waals surface area contributed by atoms with E-state index >= 15 is 0 Å². The smallest absolute Gasteiger partial charge is 0.220 e. The van der Waals surface area contributed by atoms with Gasteiger partial charge in [0.15, 0.2) is 0 Å². The van der Waals surface area contributed by atoms with E-state index in [1.54, 1.807) is 14.0 Å². The monoisotopic (exact) mass is 333 g/mol. The third-order valence-corrected chi connectivity index (χ3v) is 4.62. The Morgan fingerprint density at radius 3 is 2.78 bits per heavy atom. The van der Waals surface area contributed by atoms with E-state index < -0.39 is 5.60 Å². The molecule has 2 aromatic rings. The Morgan fingerprint density at radius 1 is 1.39 bits per heavy atom. The Balaban J connectivity index is 1.92. The van der Waals surface area contributed by atoms with Crippen molar-refractivity contribution < 1.29 is 14.6 Å². The summed E-state index contributed by atoms with van der Waals surface area (Å²) in [6, 6.07) is 9.58. The highest BCUT2D eigenvalue weighted by molar-refractivity contribution is 7.08. The summed E-state index contributed by atoms with van der Waals surface area (Å²) in [6.45, 7) is 3.90. The standard InChI is InChI=1S/C18H23NO3S/c1-13(15-6-4-5-7-16(15)22-3)10-17(20)19-12-18(2,21)14-8-9-23-11-14/h4-9,11,13,21H,10,12H2,1-3H3,(H,19,20). The molecule has 23 heavy (non-hydrogen) atoms. The molecular formula is C18H23NO3S. The van der Waals surface area contributed by atoms with E-state index in [1.807, 2.05) is 48.0 Å². The van der Waals surface area contributed by atoms with E-state index in [2.05, 4.69) is 5.32 Å². The highest BCUT2D eigenvalue weighted by atomic mass is 32.1. The van der Waals surface area contributed by atoms with Crippen LogP contribution in [-0.4, -0.2) is 24.7 Å². The molecule has 1 aromatic heterocycles. The minimum atomic E-state index is -1.05. The van der Waals surface area contributed by atoms with Crippen LogP contribution in [0.1, 0.15) is 37.3 Å². The van der Waals surface area contributed by atoms with Gasteiger partial charge < -0.3 is 15.2 Å². The molecule has 0 fully saturated rings. The van der Waals surface area contributed by atoms with Crippen molar-refractivity contribution in [2.75, 3.05) is 13.7 Å². The minimum absolute atomic E-state index is 0.0391. The molecule has 124 valence electrons. The number of para-hydroxylation sites is 1. The first kappa shape index (κ1) is 17.5. The zero-order chi connectivity index (χ0) is 16.9. The Labute approximate surface area is 141 Å². The van der Waals surface area contributed by atoms with Gasteiger partial charge in [-0.15, -0.1) is 0 Å². The normalized spacial score (nSPS) is 14.8. The van der Waals surface area contributed by atoms with Crippen molar-refractivity contribution in [1.82, 2.24) is 5.32 Å². The second-order valence-electron chi connectivity index (χ2n) is 5.91. The number of carbonyl (C=O) groups excluding carboxylic acids is 1. The molecule has 4 nitrogen and oxygen atoms in total. The molecule has 0 aliphatic heterocycles. The Morgan fingerprint density at radius 2 is 2.13 bits per heavy atom. The molecule has 0 saturated heterocycles. The molecule has 0 aliphatic carbocycles. The molecule has 2 unspecified atom stereocenters. The number of nitrogens with one attached hydrogen (secondary N) is 1. The zero-order valence-corrected chi connectivity index (χ0v) is 14.5.